The minimum absolute atomic E-state index is 0.569. The topological polar surface area (TPSA) is 21.3 Å². The van der Waals surface area contributed by atoms with Gasteiger partial charge in [0.1, 0.15) is 0 Å². The third-order valence-electron chi connectivity index (χ3n) is 2.53. The van der Waals surface area contributed by atoms with E-state index in [-0.39, 0.29) is 0 Å². The molecule has 16 heavy (non-hydrogen) atoms. The molecule has 0 amide bonds. The lowest BCUT2D eigenvalue weighted by molar-refractivity contribution is 0.121. The molecule has 1 N–H and O–H groups in total. The molecule has 0 aliphatic carbocycles. The van der Waals surface area contributed by atoms with Crippen LogP contribution in [0.25, 0.3) is 0 Å². The van der Waals surface area contributed by atoms with Crippen molar-refractivity contribution in [1.82, 2.24) is 5.32 Å². The summed E-state index contributed by atoms with van der Waals surface area (Å²) in [6.45, 7) is 6.65. The van der Waals surface area contributed by atoms with Crippen molar-refractivity contribution in [2.24, 2.45) is 0 Å². The standard InChI is InChI=1S/C13H20ClNO/c1-3-11(2)15-8-9-16-10-12-4-6-13(14)7-5-12/h4-7,11,15H,3,8-10H2,1-2H3. The molecule has 0 fully saturated rings. The van der Waals surface area contributed by atoms with Crippen LogP contribution in [0.2, 0.25) is 5.02 Å². The van der Waals surface area contributed by atoms with Gasteiger partial charge in [-0.25, -0.2) is 0 Å². The van der Waals surface area contributed by atoms with E-state index in [4.69, 9.17) is 16.3 Å². The summed E-state index contributed by atoms with van der Waals surface area (Å²) in [6, 6.07) is 8.32. The van der Waals surface area contributed by atoms with Crippen LogP contribution in [0, 0.1) is 0 Å². The Morgan fingerprint density at radius 2 is 2.00 bits per heavy atom. The van der Waals surface area contributed by atoms with Crippen LogP contribution >= 0.6 is 11.6 Å². The molecule has 0 heterocycles. The smallest absolute Gasteiger partial charge is 0.0717 e. The van der Waals surface area contributed by atoms with Gasteiger partial charge in [-0.2, -0.15) is 0 Å². The van der Waals surface area contributed by atoms with E-state index in [0.717, 1.165) is 30.2 Å². The van der Waals surface area contributed by atoms with Gasteiger partial charge in [-0.3, -0.25) is 0 Å². The average molecular weight is 242 g/mol. The molecule has 0 saturated heterocycles. The summed E-state index contributed by atoms with van der Waals surface area (Å²) >= 11 is 5.80. The fourth-order valence-electron chi connectivity index (χ4n) is 1.29. The lowest BCUT2D eigenvalue weighted by atomic mass is 10.2. The molecule has 0 aliphatic heterocycles. The Morgan fingerprint density at radius 1 is 1.31 bits per heavy atom. The van der Waals surface area contributed by atoms with Gasteiger partial charge in [-0.05, 0) is 31.0 Å². The largest absolute Gasteiger partial charge is 0.375 e. The van der Waals surface area contributed by atoms with Gasteiger partial charge in [0.25, 0.3) is 0 Å². The molecule has 1 aromatic rings. The Morgan fingerprint density at radius 3 is 2.62 bits per heavy atom. The highest BCUT2D eigenvalue weighted by Crippen LogP contribution is 2.09. The number of hydrogen-bond acceptors (Lipinski definition) is 2. The SMILES string of the molecule is CCC(C)NCCOCc1ccc(Cl)cc1. The van der Waals surface area contributed by atoms with Crippen molar-refractivity contribution in [1.29, 1.82) is 0 Å². The van der Waals surface area contributed by atoms with Gasteiger partial charge < -0.3 is 10.1 Å². The zero-order chi connectivity index (χ0) is 11.8. The molecule has 0 spiro atoms. The Bertz CT molecular complexity index is 286. The maximum Gasteiger partial charge on any atom is 0.0717 e. The molecule has 90 valence electrons. The lowest BCUT2D eigenvalue weighted by Gasteiger charge is -2.11. The highest BCUT2D eigenvalue weighted by atomic mass is 35.5. The minimum Gasteiger partial charge on any atom is -0.375 e. The maximum atomic E-state index is 5.80. The highest BCUT2D eigenvalue weighted by Gasteiger charge is 1.97. The summed E-state index contributed by atoms with van der Waals surface area (Å²) in [5, 5.41) is 4.15. The molecule has 1 aromatic carbocycles. The summed E-state index contributed by atoms with van der Waals surface area (Å²) < 4.78 is 5.55. The van der Waals surface area contributed by atoms with Crippen molar-refractivity contribution in [3.63, 3.8) is 0 Å². The summed E-state index contributed by atoms with van der Waals surface area (Å²) in [5.41, 5.74) is 1.16. The van der Waals surface area contributed by atoms with Crippen molar-refractivity contribution in [2.75, 3.05) is 13.2 Å². The molecule has 2 nitrogen and oxygen atoms in total. The molecule has 1 rings (SSSR count). The number of rotatable bonds is 7. The van der Waals surface area contributed by atoms with E-state index in [0.29, 0.717) is 12.6 Å². The third kappa shape index (κ3) is 5.50. The van der Waals surface area contributed by atoms with Crippen molar-refractivity contribution < 1.29 is 4.74 Å². The van der Waals surface area contributed by atoms with Gasteiger partial charge in [-0.15, -0.1) is 0 Å². The number of benzene rings is 1. The first kappa shape index (κ1) is 13.5. The van der Waals surface area contributed by atoms with E-state index in [9.17, 15) is 0 Å². The van der Waals surface area contributed by atoms with Gasteiger partial charge in [-0.1, -0.05) is 30.7 Å². The number of hydrogen-bond donors (Lipinski definition) is 1. The van der Waals surface area contributed by atoms with Crippen LogP contribution in [0.3, 0.4) is 0 Å². The summed E-state index contributed by atoms with van der Waals surface area (Å²) in [4.78, 5) is 0. The van der Waals surface area contributed by atoms with Gasteiger partial charge in [0.05, 0.1) is 13.2 Å². The van der Waals surface area contributed by atoms with Gasteiger partial charge in [0.2, 0.25) is 0 Å². The van der Waals surface area contributed by atoms with Crippen LogP contribution < -0.4 is 5.32 Å². The van der Waals surface area contributed by atoms with Gasteiger partial charge in [0.15, 0.2) is 0 Å². The molecule has 0 bridgehead atoms. The number of halogens is 1. The van der Waals surface area contributed by atoms with Gasteiger partial charge in [0, 0.05) is 17.6 Å². The molecule has 0 saturated carbocycles. The van der Waals surface area contributed by atoms with E-state index >= 15 is 0 Å². The number of ether oxygens (including phenoxy) is 1. The van der Waals surface area contributed by atoms with Crippen LogP contribution in [0.5, 0.6) is 0 Å². The van der Waals surface area contributed by atoms with Crippen LogP contribution in [0.1, 0.15) is 25.8 Å². The molecule has 1 unspecified atom stereocenters. The zero-order valence-corrected chi connectivity index (χ0v) is 10.8. The van der Waals surface area contributed by atoms with E-state index < -0.39 is 0 Å². The van der Waals surface area contributed by atoms with Crippen molar-refractivity contribution >= 4 is 11.6 Å². The fourth-order valence-corrected chi connectivity index (χ4v) is 1.42. The van der Waals surface area contributed by atoms with E-state index in [1.807, 2.05) is 24.3 Å². The Labute approximate surface area is 103 Å². The van der Waals surface area contributed by atoms with Crippen LogP contribution in [-0.4, -0.2) is 19.2 Å². The average Bonchev–Trinajstić information content (AvgIpc) is 2.31. The highest BCUT2D eigenvalue weighted by molar-refractivity contribution is 6.30. The minimum atomic E-state index is 0.569. The van der Waals surface area contributed by atoms with E-state index in [2.05, 4.69) is 19.2 Å². The third-order valence-corrected chi connectivity index (χ3v) is 2.79. The van der Waals surface area contributed by atoms with Gasteiger partial charge >= 0.3 is 0 Å². The van der Waals surface area contributed by atoms with Crippen molar-refractivity contribution in [3.05, 3.63) is 34.9 Å². The van der Waals surface area contributed by atoms with E-state index in [1.54, 1.807) is 0 Å². The quantitative estimate of drug-likeness (QED) is 0.740. The summed E-state index contributed by atoms with van der Waals surface area (Å²) in [6.07, 6.45) is 1.15. The van der Waals surface area contributed by atoms with Crippen molar-refractivity contribution in [2.45, 2.75) is 32.9 Å². The van der Waals surface area contributed by atoms with E-state index in [1.165, 1.54) is 0 Å². The molecular weight excluding hydrogens is 222 g/mol. The Balaban J connectivity index is 2.09. The lowest BCUT2D eigenvalue weighted by Crippen LogP contribution is -2.28. The summed E-state index contributed by atoms with van der Waals surface area (Å²) in [5.74, 6) is 0. The van der Waals surface area contributed by atoms with Crippen molar-refractivity contribution in [3.8, 4) is 0 Å². The zero-order valence-electron chi connectivity index (χ0n) is 10.0. The first-order valence-corrected chi connectivity index (χ1v) is 6.15. The molecule has 1 atom stereocenters. The monoisotopic (exact) mass is 241 g/mol. The predicted octanol–water partition coefficient (Wildman–Crippen LogP) is 3.24. The first-order chi connectivity index (χ1) is 7.72. The van der Waals surface area contributed by atoms with Crippen LogP contribution in [0.4, 0.5) is 0 Å². The first-order valence-electron chi connectivity index (χ1n) is 5.78. The van der Waals surface area contributed by atoms with Crippen LogP contribution in [0.15, 0.2) is 24.3 Å². The molecule has 0 aliphatic rings. The second-order valence-corrected chi connectivity index (χ2v) is 4.38. The molecular formula is C13H20ClNO. The Kier molecular flexibility index (Phi) is 6.46. The predicted molar refractivity (Wildman–Crippen MR) is 68.9 cm³/mol. The summed E-state index contributed by atoms with van der Waals surface area (Å²) in [7, 11) is 0. The fraction of sp³-hybridized carbons (Fsp3) is 0.538. The van der Waals surface area contributed by atoms with Crippen LogP contribution in [-0.2, 0) is 11.3 Å². The maximum absolute atomic E-state index is 5.80. The normalized spacial score (nSPS) is 12.7. The Hall–Kier alpha value is -0.570. The molecule has 3 heteroatoms. The second-order valence-electron chi connectivity index (χ2n) is 3.94. The second kappa shape index (κ2) is 7.66. The molecule has 0 radical (unpaired) electrons. The number of nitrogens with one attached hydrogen (secondary N) is 1. The molecule has 0 aromatic heterocycles.